The van der Waals surface area contributed by atoms with Crippen molar-refractivity contribution in [3.8, 4) is 0 Å². The Labute approximate surface area is 179 Å². The molecule has 14 heteroatoms. The molecule has 0 aliphatic carbocycles. The Morgan fingerprint density at radius 3 is 0.939 bits per heavy atom. The van der Waals surface area contributed by atoms with Crippen molar-refractivity contribution in [2.45, 2.75) is 44.7 Å². The highest BCUT2D eigenvalue weighted by atomic mass is 19.4. The molecule has 0 aromatic heterocycles. The average molecular weight is 496 g/mol. The van der Waals surface area contributed by atoms with Gasteiger partial charge in [0, 0.05) is 6.10 Å². The Bertz CT molecular complexity index is 846. The van der Waals surface area contributed by atoms with E-state index in [1.807, 2.05) is 0 Å². The van der Waals surface area contributed by atoms with Gasteiger partial charge in [0.1, 0.15) is 0 Å². The van der Waals surface area contributed by atoms with Crippen molar-refractivity contribution < 1.29 is 57.3 Å². The Balaban J connectivity index is 2.86. The molecular formula is C19H13BF12O. The minimum atomic E-state index is -5.29. The third-order valence-corrected chi connectivity index (χ3v) is 4.23. The van der Waals surface area contributed by atoms with Gasteiger partial charge < -0.3 is 4.65 Å². The van der Waals surface area contributed by atoms with Crippen LogP contribution in [-0.4, -0.2) is 13.0 Å². The first-order valence-electron chi connectivity index (χ1n) is 8.94. The van der Waals surface area contributed by atoms with Gasteiger partial charge in [-0.1, -0.05) is 24.3 Å². The van der Waals surface area contributed by atoms with E-state index in [0.29, 0.717) is 0 Å². The number of hydrogen-bond acceptors (Lipinski definition) is 1. The van der Waals surface area contributed by atoms with Crippen LogP contribution < -0.4 is 10.9 Å². The van der Waals surface area contributed by atoms with Crippen LogP contribution in [-0.2, 0) is 29.4 Å². The van der Waals surface area contributed by atoms with Crippen molar-refractivity contribution in [2.24, 2.45) is 0 Å². The molecule has 0 aliphatic heterocycles. The predicted molar refractivity (Wildman–Crippen MR) is 94.1 cm³/mol. The fourth-order valence-electron chi connectivity index (χ4n) is 2.88. The normalized spacial score (nSPS) is 13.5. The molecule has 33 heavy (non-hydrogen) atoms. The third-order valence-electron chi connectivity index (χ3n) is 4.23. The van der Waals surface area contributed by atoms with Gasteiger partial charge in [-0.2, -0.15) is 52.7 Å². The number of rotatable bonds is 4. The third kappa shape index (κ3) is 6.81. The van der Waals surface area contributed by atoms with E-state index >= 15 is 0 Å². The van der Waals surface area contributed by atoms with Crippen LogP contribution in [0.25, 0.3) is 0 Å². The summed E-state index contributed by atoms with van der Waals surface area (Å²) in [7, 11) is 0. The van der Waals surface area contributed by atoms with Gasteiger partial charge in [0.2, 0.25) is 0 Å². The molecule has 2 aromatic carbocycles. The van der Waals surface area contributed by atoms with Crippen LogP contribution in [0.1, 0.15) is 36.1 Å². The maximum Gasteiger partial charge on any atom is 0.416 e. The highest BCUT2D eigenvalue weighted by molar-refractivity contribution is 6.80. The lowest BCUT2D eigenvalue weighted by Gasteiger charge is -2.23. The molecule has 0 unspecified atom stereocenters. The Kier molecular flexibility index (Phi) is 7.14. The van der Waals surface area contributed by atoms with Crippen molar-refractivity contribution in [2.75, 3.05) is 0 Å². The Morgan fingerprint density at radius 2 is 0.758 bits per heavy atom. The van der Waals surface area contributed by atoms with E-state index in [1.165, 1.54) is 13.8 Å². The van der Waals surface area contributed by atoms with Crippen molar-refractivity contribution in [1.82, 2.24) is 0 Å². The van der Waals surface area contributed by atoms with Crippen molar-refractivity contribution in [3.63, 3.8) is 0 Å². The second kappa shape index (κ2) is 8.77. The van der Waals surface area contributed by atoms with Crippen LogP contribution >= 0.6 is 0 Å². The van der Waals surface area contributed by atoms with Crippen LogP contribution in [0.2, 0.25) is 0 Å². The van der Waals surface area contributed by atoms with E-state index in [4.69, 9.17) is 4.65 Å². The van der Waals surface area contributed by atoms with Crippen molar-refractivity contribution in [3.05, 3.63) is 58.7 Å². The smallest absolute Gasteiger partial charge is 0.416 e. The van der Waals surface area contributed by atoms with Crippen LogP contribution in [0.5, 0.6) is 0 Å². The monoisotopic (exact) mass is 496 g/mol. The number of alkyl halides is 12. The molecule has 0 spiro atoms. The van der Waals surface area contributed by atoms with Crippen molar-refractivity contribution in [1.29, 1.82) is 0 Å². The van der Waals surface area contributed by atoms with E-state index < -0.39 is 70.9 Å². The summed E-state index contributed by atoms with van der Waals surface area (Å²) in [6.07, 6.45) is -22.2. The second-order valence-electron chi connectivity index (χ2n) is 7.24. The van der Waals surface area contributed by atoms with Crippen LogP contribution in [0.4, 0.5) is 52.7 Å². The first-order chi connectivity index (χ1) is 14.7. The molecule has 0 saturated heterocycles. The lowest BCUT2D eigenvalue weighted by atomic mass is 9.54. The standard InChI is InChI=1S/C19H13BF12O/c1-9(2)33-20(14-5-10(16(21,22)23)3-11(6-14)17(24,25)26)15-7-12(18(27,28)29)4-13(8-15)19(30,31)32/h3-9H,1-2H3. The molecule has 0 aliphatic rings. The van der Waals surface area contributed by atoms with Crippen LogP contribution in [0.15, 0.2) is 36.4 Å². The molecule has 0 atom stereocenters. The molecule has 0 radical (unpaired) electrons. The summed E-state index contributed by atoms with van der Waals surface area (Å²) in [6.45, 7) is 0.407. The summed E-state index contributed by atoms with van der Waals surface area (Å²) in [5.74, 6) is 0. The number of hydrogen-bond donors (Lipinski definition) is 0. The summed E-state index contributed by atoms with van der Waals surface area (Å²) in [5, 5.41) is 0. The maximum atomic E-state index is 13.2. The lowest BCUT2D eigenvalue weighted by Crippen LogP contribution is -2.48. The minimum Gasteiger partial charge on any atom is -0.425 e. The van der Waals surface area contributed by atoms with E-state index in [1.54, 1.807) is 0 Å². The number of halogens is 12. The lowest BCUT2D eigenvalue weighted by molar-refractivity contribution is -0.144. The quantitative estimate of drug-likeness (QED) is 0.357. The molecule has 0 N–H and O–H groups in total. The number of benzene rings is 2. The highest BCUT2D eigenvalue weighted by Crippen LogP contribution is 2.36. The summed E-state index contributed by atoms with van der Waals surface area (Å²) in [4.78, 5) is 0. The zero-order chi connectivity index (χ0) is 25.6. The van der Waals surface area contributed by atoms with Gasteiger partial charge in [-0.25, -0.2) is 0 Å². The van der Waals surface area contributed by atoms with Gasteiger partial charge in [-0.3, -0.25) is 0 Å². The zero-order valence-electron chi connectivity index (χ0n) is 16.6. The predicted octanol–water partition coefficient (Wildman–Crippen LogP) is 6.29. The minimum absolute atomic E-state index is 0.190. The first kappa shape index (κ1) is 26.9. The zero-order valence-corrected chi connectivity index (χ0v) is 16.6. The van der Waals surface area contributed by atoms with E-state index in [0.717, 1.165) is 0 Å². The highest BCUT2D eigenvalue weighted by Gasteiger charge is 2.41. The maximum absolute atomic E-state index is 13.2. The average Bonchev–Trinajstić information content (AvgIpc) is 2.62. The fourth-order valence-corrected chi connectivity index (χ4v) is 2.88. The topological polar surface area (TPSA) is 9.23 Å². The van der Waals surface area contributed by atoms with Gasteiger partial charge in [0.05, 0.1) is 22.3 Å². The summed E-state index contributed by atoms with van der Waals surface area (Å²) < 4.78 is 164. The van der Waals surface area contributed by atoms with Gasteiger partial charge in [-0.15, -0.1) is 0 Å². The molecule has 0 saturated carbocycles. The second-order valence-corrected chi connectivity index (χ2v) is 7.24. The summed E-state index contributed by atoms with van der Waals surface area (Å²) in [5.41, 5.74) is -9.03. The van der Waals surface area contributed by atoms with Crippen molar-refractivity contribution >= 4 is 17.8 Å². The molecule has 0 heterocycles. The van der Waals surface area contributed by atoms with E-state index in [2.05, 4.69) is 0 Å². The Hall–Kier alpha value is -2.38. The van der Waals surface area contributed by atoms with E-state index in [-0.39, 0.29) is 36.4 Å². The Morgan fingerprint density at radius 1 is 0.515 bits per heavy atom. The van der Waals surface area contributed by atoms with Gasteiger partial charge >= 0.3 is 31.6 Å². The van der Waals surface area contributed by atoms with Gasteiger partial charge in [0.25, 0.3) is 0 Å². The molecular weight excluding hydrogens is 483 g/mol. The van der Waals surface area contributed by atoms with Gasteiger partial charge in [-0.05, 0) is 36.9 Å². The molecule has 2 aromatic rings. The van der Waals surface area contributed by atoms with Crippen LogP contribution in [0.3, 0.4) is 0 Å². The van der Waals surface area contributed by atoms with Crippen LogP contribution in [0, 0.1) is 0 Å². The van der Waals surface area contributed by atoms with E-state index in [9.17, 15) is 52.7 Å². The SMILES string of the molecule is CC(C)OB(c1cc(C(F)(F)F)cc(C(F)(F)F)c1)c1cc(C(F)(F)F)cc(C(F)(F)F)c1. The molecule has 0 fully saturated rings. The fraction of sp³-hybridized carbons (Fsp3) is 0.368. The molecule has 0 amide bonds. The summed E-state index contributed by atoms with van der Waals surface area (Å²) in [6, 6.07) is 0.323. The summed E-state index contributed by atoms with van der Waals surface area (Å²) >= 11 is 0. The molecule has 0 bridgehead atoms. The first-order valence-corrected chi connectivity index (χ1v) is 8.94. The van der Waals surface area contributed by atoms with Gasteiger partial charge in [0.15, 0.2) is 0 Å². The molecule has 2 rings (SSSR count). The molecule has 182 valence electrons. The molecule has 1 nitrogen and oxygen atoms in total. The largest absolute Gasteiger partial charge is 0.425 e.